The molecular formula is C23H35N10O18P3. The highest BCUT2D eigenvalue weighted by Gasteiger charge is 2.52. The van der Waals surface area contributed by atoms with Crippen molar-refractivity contribution in [1.29, 1.82) is 0 Å². The lowest BCUT2D eigenvalue weighted by Gasteiger charge is -2.27. The van der Waals surface area contributed by atoms with Gasteiger partial charge >= 0.3 is 23.5 Å². The van der Waals surface area contributed by atoms with Crippen LogP contribution in [-0.2, 0) is 50.3 Å². The highest BCUT2D eigenvalue weighted by molar-refractivity contribution is 7.66. The summed E-state index contributed by atoms with van der Waals surface area (Å²) in [5.41, 5.74) is 9.93. The van der Waals surface area contributed by atoms with E-state index in [0.29, 0.717) is 0 Å². The van der Waals surface area contributed by atoms with E-state index in [2.05, 4.69) is 33.5 Å². The quantitative estimate of drug-likeness (QED) is 0.0732. The summed E-state index contributed by atoms with van der Waals surface area (Å²) in [5.74, 6) is -0.426. The molecule has 0 radical (unpaired) electrons. The molecule has 0 saturated carbocycles. The van der Waals surface area contributed by atoms with Crippen LogP contribution < -0.4 is 32.4 Å². The Morgan fingerprint density at radius 3 is 1.94 bits per heavy atom. The van der Waals surface area contributed by atoms with Crippen molar-refractivity contribution in [2.24, 2.45) is 0 Å². The Labute approximate surface area is 301 Å². The van der Waals surface area contributed by atoms with Gasteiger partial charge in [-0.25, -0.2) is 18.7 Å². The van der Waals surface area contributed by atoms with Gasteiger partial charge in [-0.1, -0.05) is 0 Å². The molecule has 6 heterocycles. The van der Waals surface area contributed by atoms with E-state index in [9.17, 15) is 48.2 Å². The highest BCUT2D eigenvalue weighted by atomic mass is 31.3. The molecule has 54 heavy (non-hydrogen) atoms. The number of phosphoric ester groups is 2. The van der Waals surface area contributed by atoms with Crippen molar-refractivity contribution in [3.63, 3.8) is 0 Å². The van der Waals surface area contributed by atoms with Gasteiger partial charge < -0.3 is 65.1 Å². The molecule has 0 aliphatic carbocycles. The summed E-state index contributed by atoms with van der Waals surface area (Å²) in [6, 6.07) is 0. The second-order valence-electron chi connectivity index (χ2n) is 11.9. The Kier molecular flexibility index (Phi) is 11.1. The highest BCUT2D eigenvalue weighted by Crippen LogP contribution is 2.68. The number of aromatic amines is 2. The van der Waals surface area contributed by atoms with Gasteiger partial charge in [0, 0.05) is 21.3 Å². The molecule has 11 atom stereocenters. The topological polar surface area (TPSA) is 394 Å². The molecule has 31 heteroatoms. The van der Waals surface area contributed by atoms with Crippen LogP contribution in [0.5, 0.6) is 0 Å². The zero-order chi connectivity index (χ0) is 39.5. The largest absolute Gasteiger partial charge is 0.490 e. The molecule has 11 unspecified atom stereocenters. The molecule has 300 valence electrons. The van der Waals surface area contributed by atoms with Crippen molar-refractivity contribution < 1.29 is 75.2 Å². The fourth-order valence-corrected chi connectivity index (χ4v) is 9.67. The lowest BCUT2D eigenvalue weighted by atomic mass is 10.1. The Bertz CT molecular complexity index is 2150. The minimum Gasteiger partial charge on any atom is -0.386 e. The van der Waals surface area contributed by atoms with Crippen molar-refractivity contribution in [2.45, 2.75) is 49.1 Å². The second kappa shape index (κ2) is 14.9. The monoisotopic (exact) mass is 832 g/mol. The number of methoxy groups -OCH3 is 2. The average molecular weight is 833 g/mol. The molecule has 2 saturated heterocycles. The zero-order valence-corrected chi connectivity index (χ0v) is 30.7. The standard InChI is InChI=1S/C23H35N10O18P3/c1-31-7-33(17-11(31)19(37)30-23(25)28-17)21-13(35)15(45-3)9(49-21)5-47-53(40,41)51-54(42,43)50-52(38,39)46-4-8-14(44-2)12(34)20(48-8)32-6-26-10-16(32)27-22(24)29-18(10)36/h6,8-9,12-15,20-21,34-35H,4-5,7H2,1-3H3,(H,38,39)(H,40,41)(H,42,43)(H3,24,27,29,36)(H3,25,28,30,37). The molecule has 28 nitrogen and oxygen atoms in total. The number of hydrogen-bond donors (Lipinski definition) is 9. The predicted octanol–water partition coefficient (Wildman–Crippen LogP) is -2.98. The van der Waals surface area contributed by atoms with Crippen molar-refractivity contribution in [3.05, 3.63) is 27.0 Å². The van der Waals surface area contributed by atoms with Gasteiger partial charge in [-0.2, -0.15) is 18.6 Å². The molecule has 3 aliphatic heterocycles. The normalized spacial score (nSPS) is 30.4. The molecule has 3 aromatic rings. The number of hydrogen-bond acceptors (Lipinski definition) is 22. The van der Waals surface area contributed by atoms with E-state index in [4.69, 9.17) is 39.5 Å². The first-order valence-corrected chi connectivity index (χ1v) is 19.8. The summed E-state index contributed by atoms with van der Waals surface area (Å²) in [7, 11) is -13.3. The maximum atomic E-state index is 12.7. The van der Waals surface area contributed by atoms with Crippen molar-refractivity contribution >= 4 is 58.0 Å². The number of aliphatic hydroxyl groups excluding tert-OH is 2. The number of nitrogens with zero attached hydrogens (tertiary/aromatic N) is 6. The number of rotatable bonds is 14. The number of anilines is 4. The van der Waals surface area contributed by atoms with Crippen LogP contribution in [0.4, 0.5) is 23.4 Å². The number of imidazole rings is 1. The van der Waals surface area contributed by atoms with Gasteiger partial charge in [-0.15, -0.1) is 0 Å². The first-order chi connectivity index (χ1) is 25.2. The number of nitrogen functional groups attached to an aromatic ring is 2. The number of fused-ring (bicyclic) bond motifs is 2. The van der Waals surface area contributed by atoms with Crippen molar-refractivity contribution in [3.8, 4) is 0 Å². The third-order valence-electron chi connectivity index (χ3n) is 8.32. The first kappa shape index (κ1) is 40.3. The number of nitrogens with two attached hydrogens (primary N) is 2. The summed E-state index contributed by atoms with van der Waals surface area (Å²) >= 11 is 0. The van der Waals surface area contributed by atoms with Gasteiger partial charge in [-0.3, -0.25) is 33.2 Å². The zero-order valence-electron chi connectivity index (χ0n) is 28.0. The van der Waals surface area contributed by atoms with Crippen LogP contribution in [0.3, 0.4) is 0 Å². The fraction of sp³-hybridized carbons (Fsp3) is 0.609. The van der Waals surface area contributed by atoms with E-state index < -0.39 is 96.9 Å². The van der Waals surface area contributed by atoms with E-state index in [-0.39, 0.29) is 41.2 Å². The molecular weight excluding hydrogens is 797 g/mol. The minimum absolute atomic E-state index is 0.00617. The lowest BCUT2D eigenvalue weighted by Crippen LogP contribution is -2.46. The van der Waals surface area contributed by atoms with Crippen LogP contribution in [-0.4, -0.2) is 138 Å². The summed E-state index contributed by atoms with van der Waals surface area (Å²) in [5, 5.41) is 21.8. The summed E-state index contributed by atoms with van der Waals surface area (Å²) in [4.78, 5) is 74.5. The van der Waals surface area contributed by atoms with E-state index in [1.807, 2.05) is 0 Å². The van der Waals surface area contributed by atoms with Crippen LogP contribution in [0.15, 0.2) is 15.9 Å². The van der Waals surface area contributed by atoms with Crippen molar-refractivity contribution in [2.75, 3.05) is 62.4 Å². The average Bonchev–Trinajstić information content (AvgIpc) is 3.79. The summed E-state index contributed by atoms with van der Waals surface area (Å²) < 4.78 is 78.9. The van der Waals surface area contributed by atoms with Crippen LogP contribution >= 0.6 is 23.5 Å². The van der Waals surface area contributed by atoms with Crippen LogP contribution in [0.2, 0.25) is 0 Å². The maximum Gasteiger partial charge on any atom is 0.490 e. The summed E-state index contributed by atoms with van der Waals surface area (Å²) in [6.45, 7) is -1.86. The van der Waals surface area contributed by atoms with E-state index in [1.165, 1.54) is 16.9 Å². The minimum atomic E-state index is -5.95. The third kappa shape index (κ3) is 7.96. The van der Waals surface area contributed by atoms with Gasteiger partial charge in [0.1, 0.15) is 42.3 Å². The third-order valence-corrected chi connectivity index (χ3v) is 12.6. The molecule has 3 aromatic heterocycles. The second-order valence-corrected chi connectivity index (χ2v) is 16.5. The molecule has 2 fully saturated rings. The van der Waals surface area contributed by atoms with Crippen LogP contribution in [0.1, 0.15) is 6.23 Å². The molecule has 0 aromatic carbocycles. The van der Waals surface area contributed by atoms with Gasteiger partial charge in [-0.05, 0) is 0 Å². The van der Waals surface area contributed by atoms with Gasteiger partial charge in [0.2, 0.25) is 11.9 Å². The van der Waals surface area contributed by atoms with Gasteiger partial charge in [0.25, 0.3) is 11.1 Å². The lowest BCUT2D eigenvalue weighted by molar-refractivity contribution is -0.0527. The molecule has 3 aliphatic rings. The van der Waals surface area contributed by atoms with Gasteiger partial charge in [0.15, 0.2) is 29.4 Å². The number of nitrogens with one attached hydrogen (secondary N) is 2. The van der Waals surface area contributed by atoms with Crippen LogP contribution in [0, 0.1) is 0 Å². The number of aromatic nitrogens is 6. The van der Waals surface area contributed by atoms with Gasteiger partial charge in [0.05, 0.1) is 26.2 Å². The number of H-pyrrole nitrogens is 2. The number of aliphatic hydroxyl groups is 2. The Balaban J connectivity index is 1.06. The Morgan fingerprint density at radius 2 is 1.37 bits per heavy atom. The summed E-state index contributed by atoms with van der Waals surface area (Å²) in [6.07, 6.45) is -9.69. The Hall–Kier alpha value is -3.40. The molecule has 6 rings (SSSR count). The maximum absolute atomic E-state index is 12.7. The van der Waals surface area contributed by atoms with E-state index in [0.717, 1.165) is 18.0 Å². The van der Waals surface area contributed by atoms with E-state index in [1.54, 1.807) is 7.05 Å². The first-order valence-electron chi connectivity index (χ1n) is 15.3. The smallest absolute Gasteiger partial charge is 0.386 e. The molecule has 0 bridgehead atoms. The molecule has 0 amide bonds. The SMILES string of the molecule is COC1C(COP(=O)(O)OP(=O)(O)OP(=O)(O)OCC2OC(n3cnc4c(=O)[nH]c(N)nc43)C(O)C2OC)OC(N2CN(C)c3c2nc(N)[nH]c3=O)C1O. The molecule has 0 spiro atoms. The molecule has 11 N–H and O–H groups in total. The number of ether oxygens (including phenoxy) is 4. The van der Waals surface area contributed by atoms with Crippen LogP contribution in [0.25, 0.3) is 11.2 Å². The Morgan fingerprint density at radius 1 is 0.852 bits per heavy atom. The number of phosphoric acid groups is 3. The predicted molar refractivity (Wildman–Crippen MR) is 177 cm³/mol. The fourth-order valence-electron chi connectivity index (χ4n) is 6.15. The van der Waals surface area contributed by atoms with E-state index >= 15 is 0 Å². The van der Waals surface area contributed by atoms with Crippen molar-refractivity contribution in [1.82, 2.24) is 29.5 Å².